The van der Waals surface area contributed by atoms with Gasteiger partial charge in [-0.3, -0.25) is 0 Å². The van der Waals surface area contributed by atoms with Gasteiger partial charge in [0.05, 0.1) is 18.2 Å². The molecular weight excluding hydrogens is 285 g/mol. The Bertz CT molecular complexity index is 420. The second-order valence-electron chi connectivity index (χ2n) is 4.59. The molecular formula is C14H19Cl2NO2. The van der Waals surface area contributed by atoms with Crippen LogP contribution in [0.5, 0.6) is 5.75 Å². The van der Waals surface area contributed by atoms with Gasteiger partial charge in [-0.15, -0.1) is 0 Å². The van der Waals surface area contributed by atoms with Gasteiger partial charge in [0.2, 0.25) is 0 Å². The molecule has 0 unspecified atom stereocenters. The molecule has 1 aliphatic heterocycles. The summed E-state index contributed by atoms with van der Waals surface area (Å²) in [4.78, 5) is 0. The third-order valence-electron chi connectivity index (χ3n) is 3.10. The smallest absolute Gasteiger partial charge is 0.142 e. The van der Waals surface area contributed by atoms with Crippen molar-refractivity contribution in [1.82, 2.24) is 5.32 Å². The van der Waals surface area contributed by atoms with E-state index in [9.17, 15) is 0 Å². The van der Waals surface area contributed by atoms with Crippen molar-refractivity contribution in [3.8, 4) is 5.75 Å². The van der Waals surface area contributed by atoms with Crippen LogP contribution in [0.15, 0.2) is 12.1 Å². The highest BCUT2D eigenvalue weighted by Crippen LogP contribution is 2.34. The Labute approximate surface area is 124 Å². The minimum atomic E-state index is 0.174. The predicted molar refractivity (Wildman–Crippen MR) is 78.3 cm³/mol. The molecule has 5 heteroatoms. The zero-order valence-electron chi connectivity index (χ0n) is 11.0. The maximum Gasteiger partial charge on any atom is 0.142 e. The molecule has 1 fully saturated rings. The molecule has 1 heterocycles. The number of hydrogen-bond acceptors (Lipinski definition) is 3. The van der Waals surface area contributed by atoms with Crippen LogP contribution in [-0.4, -0.2) is 25.9 Å². The average Bonchev–Trinajstić information content (AvgIpc) is 2.41. The van der Waals surface area contributed by atoms with Crippen molar-refractivity contribution in [2.24, 2.45) is 0 Å². The highest BCUT2D eigenvalue weighted by molar-refractivity contribution is 6.35. The molecule has 2 rings (SSSR count). The zero-order chi connectivity index (χ0) is 13.7. The van der Waals surface area contributed by atoms with E-state index < -0.39 is 0 Å². The van der Waals surface area contributed by atoms with E-state index in [0.29, 0.717) is 16.6 Å². The van der Waals surface area contributed by atoms with Gasteiger partial charge in [0.1, 0.15) is 11.9 Å². The highest BCUT2D eigenvalue weighted by atomic mass is 35.5. The molecule has 1 N–H and O–H groups in total. The number of benzene rings is 1. The summed E-state index contributed by atoms with van der Waals surface area (Å²) in [5.41, 5.74) is 1.01. The van der Waals surface area contributed by atoms with Crippen molar-refractivity contribution in [2.75, 3.05) is 19.8 Å². The lowest BCUT2D eigenvalue weighted by molar-refractivity contribution is 0.0252. The van der Waals surface area contributed by atoms with Crippen LogP contribution in [0, 0.1) is 0 Å². The summed E-state index contributed by atoms with van der Waals surface area (Å²) in [5, 5.41) is 4.49. The van der Waals surface area contributed by atoms with Crippen molar-refractivity contribution in [2.45, 2.75) is 32.4 Å². The normalized spacial score (nSPS) is 16.6. The number of nitrogens with one attached hydrogen (secondary N) is 1. The number of ether oxygens (including phenoxy) is 2. The fraction of sp³-hybridized carbons (Fsp3) is 0.571. The van der Waals surface area contributed by atoms with Gasteiger partial charge < -0.3 is 14.8 Å². The monoisotopic (exact) mass is 303 g/mol. The van der Waals surface area contributed by atoms with Gasteiger partial charge >= 0.3 is 0 Å². The quantitative estimate of drug-likeness (QED) is 0.900. The van der Waals surface area contributed by atoms with Gasteiger partial charge in [0.15, 0.2) is 0 Å². The van der Waals surface area contributed by atoms with Gasteiger partial charge in [0, 0.05) is 30.0 Å². The molecule has 1 aromatic carbocycles. The van der Waals surface area contributed by atoms with E-state index >= 15 is 0 Å². The van der Waals surface area contributed by atoms with Crippen LogP contribution in [0.1, 0.15) is 25.3 Å². The maximum atomic E-state index is 6.26. The summed E-state index contributed by atoms with van der Waals surface area (Å²) in [6.07, 6.45) is 1.98. The van der Waals surface area contributed by atoms with Crippen LogP contribution >= 0.6 is 23.2 Å². The fourth-order valence-corrected chi connectivity index (χ4v) is 2.68. The lowest BCUT2D eigenvalue weighted by Gasteiger charge is -2.25. The highest BCUT2D eigenvalue weighted by Gasteiger charge is 2.19. The van der Waals surface area contributed by atoms with Gasteiger partial charge in [-0.05, 0) is 18.7 Å². The summed E-state index contributed by atoms with van der Waals surface area (Å²) in [5.74, 6) is 0.749. The maximum absolute atomic E-state index is 6.26. The van der Waals surface area contributed by atoms with Crippen LogP contribution in [0.25, 0.3) is 0 Å². The molecule has 0 radical (unpaired) electrons. The third-order valence-corrected chi connectivity index (χ3v) is 3.60. The van der Waals surface area contributed by atoms with Gasteiger partial charge in [-0.2, -0.15) is 0 Å². The van der Waals surface area contributed by atoms with Gasteiger partial charge in [-0.1, -0.05) is 30.1 Å². The predicted octanol–water partition coefficient (Wildman–Crippen LogP) is 3.66. The lowest BCUT2D eigenvalue weighted by atomic mass is 10.1. The summed E-state index contributed by atoms with van der Waals surface area (Å²) in [6, 6.07) is 3.64. The molecule has 0 aromatic heterocycles. The molecule has 106 valence electrons. The van der Waals surface area contributed by atoms with E-state index in [4.69, 9.17) is 32.7 Å². The third kappa shape index (κ3) is 4.25. The van der Waals surface area contributed by atoms with Crippen molar-refractivity contribution >= 4 is 23.2 Å². The first-order valence-electron chi connectivity index (χ1n) is 6.63. The first kappa shape index (κ1) is 14.9. The Balaban J connectivity index is 2.15. The Kier molecular flexibility index (Phi) is 5.76. The van der Waals surface area contributed by atoms with E-state index in [-0.39, 0.29) is 6.10 Å². The molecule has 0 amide bonds. The number of hydrogen-bond donors (Lipinski definition) is 1. The first-order valence-corrected chi connectivity index (χ1v) is 7.39. The fourth-order valence-electron chi connectivity index (χ4n) is 2.10. The van der Waals surface area contributed by atoms with Gasteiger partial charge in [0.25, 0.3) is 0 Å². The van der Waals surface area contributed by atoms with Gasteiger partial charge in [-0.25, -0.2) is 0 Å². The Morgan fingerprint density at radius 3 is 2.74 bits per heavy atom. The molecule has 0 atom stereocenters. The number of halogens is 2. The topological polar surface area (TPSA) is 30.5 Å². The number of rotatable bonds is 5. The SMILES string of the molecule is CCNCc1cc(Cl)cc(Cl)c1OC1CCOCC1. The van der Waals surface area contributed by atoms with Crippen LogP contribution < -0.4 is 10.1 Å². The lowest BCUT2D eigenvalue weighted by Crippen LogP contribution is -2.26. The summed E-state index contributed by atoms with van der Waals surface area (Å²) in [7, 11) is 0. The Morgan fingerprint density at radius 2 is 2.05 bits per heavy atom. The van der Waals surface area contributed by atoms with Crippen LogP contribution in [0.4, 0.5) is 0 Å². The molecule has 1 aliphatic rings. The van der Waals surface area contributed by atoms with Crippen LogP contribution in [-0.2, 0) is 11.3 Å². The summed E-state index contributed by atoms with van der Waals surface area (Å²) in [6.45, 7) is 5.15. The Morgan fingerprint density at radius 1 is 1.32 bits per heavy atom. The van der Waals surface area contributed by atoms with Crippen molar-refractivity contribution < 1.29 is 9.47 Å². The van der Waals surface area contributed by atoms with Crippen LogP contribution in [0.2, 0.25) is 10.0 Å². The van der Waals surface area contributed by atoms with E-state index in [2.05, 4.69) is 12.2 Å². The second kappa shape index (κ2) is 7.34. The average molecular weight is 304 g/mol. The van der Waals surface area contributed by atoms with Crippen molar-refractivity contribution in [3.63, 3.8) is 0 Å². The molecule has 0 saturated carbocycles. The summed E-state index contributed by atoms with van der Waals surface area (Å²) < 4.78 is 11.4. The van der Waals surface area contributed by atoms with E-state index in [0.717, 1.165) is 43.9 Å². The molecule has 19 heavy (non-hydrogen) atoms. The second-order valence-corrected chi connectivity index (χ2v) is 5.43. The molecule has 0 bridgehead atoms. The minimum Gasteiger partial charge on any atom is -0.488 e. The van der Waals surface area contributed by atoms with Crippen molar-refractivity contribution in [3.05, 3.63) is 27.7 Å². The standard InChI is InChI=1S/C14H19Cl2NO2/c1-2-17-9-10-7-11(15)8-13(16)14(10)19-12-3-5-18-6-4-12/h7-8,12,17H,2-6,9H2,1H3. The Hall–Kier alpha value is -0.480. The first-order chi connectivity index (χ1) is 9.20. The summed E-state index contributed by atoms with van der Waals surface area (Å²) >= 11 is 12.3. The van der Waals surface area contributed by atoms with E-state index in [1.54, 1.807) is 6.07 Å². The molecule has 1 saturated heterocycles. The largest absolute Gasteiger partial charge is 0.488 e. The molecule has 3 nitrogen and oxygen atoms in total. The minimum absolute atomic E-state index is 0.174. The van der Waals surface area contributed by atoms with Crippen molar-refractivity contribution in [1.29, 1.82) is 0 Å². The molecule has 1 aromatic rings. The van der Waals surface area contributed by atoms with E-state index in [1.165, 1.54) is 0 Å². The zero-order valence-corrected chi connectivity index (χ0v) is 12.6. The molecule has 0 aliphatic carbocycles. The van der Waals surface area contributed by atoms with Crippen LogP contribution in [0.3, 0.4) is 0 Å². The molecule has 0 spiro atoms. The van der Waals surface area contributed by atoms with E-state index in [1.807, 2.05) is 6.07 Å².